The van der Waals surface area contributed by atoms with Gasteiger partial charge in [-0.25, -0.2) is 22.9 Å². The molecule has 2 aromatic carbocycles. The number of carbonyl (C=O) groups excluding carboxylic acids is 2. The number of hydrogen-bond donors (Lipinski definition) is 2. The van der Waals surface area contributed by atoms with Crippen molar-refractivity contribution in [1.29, 1.82) is 0 Å². The molecule has 0 unspecified atom stereocenters. The first kappa shape index (κ1) is 25.7. The Hall–Kier alpha value is -4.35. The first-order valence-corrected chi connectivity index (χ1v) is 11.2. The van der Waals surface area contributed by atoms with Crippen LogP contribution in [0.2, 0.25) is 0 Å². The molecule has 3 aromatic rings. The fraction of sp³-hybridized carbons (Fsp3) is 0.280. The van der Waals surface area contributed by atoms with E-state index >= 15 is 0 Å². The van der Waals surface area contributed by atoms with Gasteiger partial charge < -0.3 is 15.2 Å². The molecular formula is C25H23F3N4O5. The van der Waals surface area contributed by atoms with Gasteiger partial charge in [-0.2, -0.15) is 0 Å². The number of benzene rings is 2. The van der Waals surface area contributed by atoms with Crippen LogP contribution < -0.4 is 10.9 Å². The quantitative estimate of drug-likeness (QED) is 0.520. The van der Waals surface area contributed by atoms with E-state index in [1.165, 1.54) is 31.3 Å². The third kappa shape index (κ3) is 5.74. The molecule has 2 heterocycles. The average Bonchev–Trinajstić information content (AvgIpc) is 3.21. The highest BCUT2D eigenvalue weighted by Crippen LogP contribution is 2.40. The van der Waals surface area contributed by atoms with Crippen molar-refractivity contribution in [1.82, 2.24) is 19.8 Å². The van der Waals surface area contributed by atoms with Crippen LogP contribution in [0.25, 0.3) is 0 Å². The van der Waals surface area contributed by atoms with Crippen molar-refractivity contribution < 1.29 is 32.6 Å². The van der Waals surface area contributed by atoms with Crippen molar-refractivity contribution in [2.45, 2.75) is 31.5 Å². The lowest BCUT2D eigenvalue weighted by Crippen LogP contribution is -2.37. The van der Waals surface area contributed by atoms with Crippen LogP contribution in [0, 0.1) is 5.82 Å². The maximum Gasteiger partial charge on any atom is 0.410 e. The lowest BCUT2D eigenvalue weighted by atomic mass is 10.1. The molecule has 1 fully saturated rings. The summed E-state index contributed by atoms with van der Waals surface area (Å²) in [5.74, 6) is -6.03. The van der Waals surface area contributed by atoms with Crippen LogP contribution in [0.3, 0.4) is 0 Å². The molecule has 0 bridgehead atoms. The van der Waals surface area contributed by atoms with Gasteiger partial charge in [-0.3, -0.25) is 19.1 Å². The molecule has 1 aliphatic rings. The van der Waals surface area contributed by atoms with Crippen molar-refractivity contribution in [3.05, 3.63) is 93.4 Å². The van der Waals surface area contributed by atoms with E-state index in [9.17, 15) is 32.7 Å². The summed E-state index contributed by atoms with van der Waals surface area (Å²) in [6.45, 7) is -1.22. The van der Waals surface area contributed by atoms with Crippen LogP contribution in [0.15, 0.2) is 59.4 Å². The molecule has 1 atom stereocenters. The first-order valence-electron chi connectivity index (χ1n) is 11.2. The van der Waals surface area contributed by atoms with E-state index < -0.39 is 59.8 Å². The number of hydrogen-bond acceptors (Lipinski definition) is 6. The van der Waals surface area contributed by atoms with E-state index in [4.69, 9.17) is 4.74 Å². The second kappa shape index (κ2) is 10.3. The zero-order chi connectivity index (χ0) is 26.7. The first-order chi connectivity index (χ1) is 17.6. The van der Waals surface area contributed by atoms with Crippen molar-refractivity contribution in [2.75, 3.05) is 6.54 Å². The van der Waals surface area contributed by atoms with Crippen molar-refractivity contribution >= 4 is 12.0 Å². The maximum absolute atomic E-state index is 14.4. The molecule has 0 radical (unpaired) electrons. The normalized spacial score (nSPS) is 16.4. The Morgan fingerprint density at radius 3 is 2.49 bits per heavy atom. The van der Waals surface area contributed by atoms with E-state index in [1.807, 2.05) is 0 Å². The van der Waals surface area contributed by atoms with Gasteiger partial charge in [0.25, 0.3) is 17.4 Å². The Labute approximate surface area is 209 Å². The van der Waals surface area contributed by atoms with E-state index in [0.29, 0.717) is 11.1 Å². The number of nitrogens with one attached hydrogen (secondary N) is 1. The highest BCUT2D eigenvalue weighted by molar-refractivity contribution is 5.94. The highest BCUT2D eigenvalue weighted by Gasteiger charge is 2.50. The molecule has 0 saturated carbocycles. The van der Waals surface area contributed by atoms with Gasteiger partial charge in [-0.05, 0) is 23.3 Å². The number of nitrogens with zero attached hydrogens (tertiary/aromatic N) is 3. The summed E-state index contributed by atoms with van der Waals surface area (Å²) in [6.07, 6.45) is -1.91. The van der Waals surface area contributed by atoms with Crippen LogP contribution in [-0.2, 0) is 24.9 Å². The zero-order valence-corrected chi connectivity index (χ0v) is 19.7. The molecule has 9 nitrogen and oxygen atoms in total. The Balaban J connectivity index is 1.59. The van der Waals surface area contributed by atoms with E-state index in [-0.39, 0.29) is 19.0 Å². The Bertz CT molecular complexity index is 1360. The summed E-state index contributed by atoms with van der Waals surface area (Å²) in [6, 6.07) is 12.5. The van der Waals surface area contributed by atoms with Crippen LogP contribution in [0.1, 0.15) is 39.9 Å². The third-order valence-electron chi connectivity index (χ3n) is 5.89. The number of carbonyl (C=O) groups is 2. The molecule has 1 aromatic heterocycles. The van der Waals surface area contributed by atoms with Crippen molar-refractivity contribution in [2.24, 2.45) is 7.05 Å². The molecule has 2 amide bonds. The molecule has 1 saturated heterocycles. The molecule has 37 heavy (non-hydrogen) atoms. The van der Waals surface area contributed by atoms with Gasteiger partial charge in [0.05, 0.1) is 12.6 Å². The monoisotopic (exact) mass is 516 g/mol. The number of aromatic hydroxyl groups is 1. The average molecular weight is 516 g/mol. The fourth-order valence-electron chi connectivity index (χ4n) is 3.97. The van der Waals surface area contributed by atoms with Gasteiger partial charge in [-0.15, -0.1) is 0 Å². The summed E-state index contributed by atoms with van der Waals surface area (Å²) in [7, 11) is 1.19. The lowest BCUT2D eigenvalue weighted by Gasteiger charge is -2.24. The van der Waals surface area contributed by atoms with E-state index in [0.717, 1.165) is 9.47 Å². The molecule has 0 spiro atoms. The molecular weight excluding hydrogens is 493 g/mol. The smallest absolute Gasteiger partial charge is 0.410 e. The SMILES string of the molecule is Cn1c([C@@H]2CC(F)(F)CN2C(=O)OCc2ccccc2)nc(C(=O)NCc2ccc(F)cc2)c(O)c1=O. The number of halogens is 3. The minimum atomic E-state index is -3.31. The highest BCUT2D eigenvalue weighted by atomic mass is 19.3. The lowest BCUT2D eigenvalue weighted by molar-refractivity contribution is 0.0101. The number of alkyl halides is 2. The van der Waals surface area contributed by atoms with Crippen LogP contribution in [0.4, 0.5) is 18.0 Å². The topological polar surface area (TPSA) is 114 Å². The number of amides is 2. The van der Waals surface area contributed by atoms with Crippen LogP contribution >= 0.6 is 0 Å². The molecule has 1 aliphatic heterocycles. The Kier molecular flexibility index (Phi) is 7.18. The largest absolute Gasteiger partial charge is 0.501 e. The third-order valence-corrected chi connectivity index (χ3v) is 5.89. The van der Waals surface area contributed by atoms with Crippen LogP contribution in [0.5, 0.6) is 5.75 Å². The Morgan fingerprint density at radius 1 is 1.14 bits per heavy atom. The Morgan fingerprint density at radius 2 is 1.81 bits per heavy atom. The molecule has 0 aliphatic carbocycles. The minimum absolute atomic E-state index is 0.0792. The van der Waals surface area contributed by atoms with Crippen molar-refractivity contribution in [3.8, 4) is 5.75 Å². The number of likely N-dealkylation sites (tertiary alicyclic amines) is 1. The van der Waals surface area contributed by atoms with Gasteiger partial charge in [-0.1, -0.05) is 42.5 Å². The molecule has 2 N–H and O–H groups in total. The van der Waals surface area contributed by atoms with Gasteiger partial charge in [0.2, 0.25) is 5.75 Å². The number of ether oxygens (including phenoxy) is 1. The molecule has 4 rings (SSSR count). The van der Waals surface area contributed by atoms with E-state index in [2.05, 4.69) is 10.3 Å². The molecule has 194 valence electrons. The van der Waals surface area contributed by atoms with Crippen LogP contribution in [-0.4, -0.2) is 44.0 Å². The molecule has 12 heteroatoms. The summed E-state index contributed by atoms with van der Waals surface area (Å²) in [4.78, 5) is 42.9. The van der Waals surface area contributed by atoms with Gasteiger partial charge >= 0.3 is 6.09 Å². The van der Waals surface area contributed by atoms with Gasteiger partial charge in [0.15, 0.2) is 5.69 Å². The standard InChI is InChI=1S/C25H23F3N4O5/c1-31-21(18-11-25(27,28)14-32(18)24(36)37-13-16-5-3-2-4-6-16)30-19(20(33)23(31)35)22(34)29-12-15-7-9-17(26)10-8-15/h2-10,18,33H,11-14H2,1H3,(H,29,34)/t18-/m0/s1. The number of rotatable bonds is 6. The fourth-order valence-corrected chi connectivity index (χ4v) is 3.97. The predicted molar refractivity (Wildman–Crippen MR) is 124 cm³/mol. The zero-order valence-electron chi connectivity index (χ0n) is 19.7. The minimum Gasteiger partial charge on any atom is -0.501 e. The second-order valence-corrected chi connectivity index (χ2v) is 8.58. The maximum atomic E-state index is 14.4. The summed E-state index contributed by atoms with van der Waals surface area (Å²) >= 11 is 0. The number of aromatic nitrogens is 2. The predicted octanol–water partition coefficient (Wildman–Crippen LogP) is 3.27. The second-order valence-electron chi connectivity index (χ2n) is 8.58. The summed E-state index contributed by atoms with van der Waals surface area (Å²) in [5.41, 5.74) is -0.563. The van der Waals surface area contributed by atoms with Gasteiger partial charge in [0.1, 0.15) is 18.2 Å². The summed E-state index contributed by atoms with van der Waals surface area (Å²) in [5, 5.41) is 12.7. The summed E-state index contributed by atoms with van der Waals surface area (Å²) < 4.78 is 48.0. The van der Waals surface area contributed by atoms with E-state index in [1.54, 1.807) is 30.3 Å². The van der Waals surface area contributed by atoms with Crippen molar-refractivity contribution in [3.63, 3.8) is 0 Å². The van der Waals surface area contributed by atoms with Gasteiger partial charge in [0, 0.05) is 20.0 Å².